The number of thiazole rings is 1. The van der Waals surface area contributed by atoms with Crippen LogP contribution in [0.4, 0.5) is 0 Å². The van der Waals surface area contributed by atoms with Crippen molar-refractivity contribution in [2.45, 2.75) is 39.2 Å². The van der Waals surface area contributed by atoms with Crippen LogP contribution in [-0.4, -0.2) is 52.6 Å². The van der Waals surface area contributed by atoms with E-state index >= 15 is 0 Å². The highest BCUT2D eigenvalue weighted by atomic mass is 32.1. The number of nitrogens with zero attached hydrogens (tertiary/aromatic N) is 3. The number of hydrogen-bond donors (Lipinski definition) is 1. The Morgan fingerprint density at radius 2 is 2.10 bits per heavy atom. The molecule has 0 aliphatic carbocycles. The summed E-state index contributed by atoms with van der Waals surface area (Å²) in [5.74, 6) is -0.196. The fourth-order valence-corrected chi connectivity index (χ4v) is 5.14. The van der Waals surface area contributed by atoms with Gasteiger partial charge in [-0.25, -0.2) is 4.98 Å². The predicted octanol–water partition coefficient (Wildman–Crippen LogP) is 1.43. The van der Waals surface area contributed by atoms with Crippen LogP contribution < -0.4 is 10.9 Å². The second-order valence-corrected chi connectivity index (χ2v) is 9.13. The Hall–Kier alpha value is -2.52. The molecule has 31 heavy (non-hydrogen) atoms. The second-order valence-electron chi connectivity index (χ2n) is 8.19. The van der Waals surface area contributed by atoms with E-state index in [1.54, 1.807) is 30.1 Å². The molecule has 1 saturated heterocycles. The van der Waals surface area contributed by atoms with Crippen molar-refractivity contribution in [2.24, 2.45) is 13.0 Å². The Kier molecular flexibility index (Phi) is 6.52. The maximum absolute atomic E-state index is 12.9. The first kappa shape index (κ1) is 21.7. The van der Waals surface area contributed by atoms with Crippen LogP contribution in [0.15, 0.2) is 16.5 Å². The van der Waals surface area contributed by atoms with Gasteiger partial charge in [0, 0.05) is 63.3 Å². The molecule has 1 N–H and O–H groups in total. The summed E-state index contributed by atoms with van der Waals surface area (Å²) in [6, 6.07) is 0. The Morgan fingerprint density at radius 3 is 2.81 bits per heavy atom. The van der Waals surface area contributed by atoms with E-state index < -0.39 is 0 Å². The standard InChI is InChI=1S/C22H28N4O4S/c1-14-18(31-13-24-14)3-7-23-20(27)19-17-4-8-26(12-16(17)11-25(2)22(19)29)21(28)15-5-9-30-10-6-15/h11,13,15H,3-10,12H2,1-2H3,(H,23,27). The first-order valence-electron chi connectivity index (χ1n) is 10.7. The Bertz CT molecular complexity index is 1040. The number of hydrogen-bond acceptors (Lipinski definition) is 6. The van der Waals surface area contributed by atoms with Gasteiger partial charge in [0.1, 0.15) is 5.56 Å². The van der Waals surface area contributed by atoms with E-state index in [0.29, 0.717) is 45.7 Å². The number of nitrogens with one attached hydrogen (secondary N) is 1. The lowest BCUT2D eigenvalue weighted by Gasteiger charge is -2.33. The average Bonchev–Trinajstić information content (AvgIpc) is 3.19. The highest BCUT2D eigenvalue weighted by Crippen LogP contribution is 2.25. The van der Waals surface area contributed by atoms with Crippen molar-refractivity contribution < 1.29 is 14.3 Å². The molecule has 0 bridgehead atoms. The molecule has 0 saturated carbocycles. The number of pyridine rings is 1. The van der Waals surface area contributed by atoms with Crippen molar-refractivity contribution in [2.75, 3.05) is 26.3 Å². The molecule has 9 heteroatoms. The fraction of sp³-hybridized carbons (Fsp3) is 0.545. The molecule has 0 aromatic carbocycles. The van der Waals surface area contributed by atoms with Crippen LogP contribution in [-0.2, 0) is 36.0 Å². The quantitative estimate of drug-likeness (QED) is 0.753. The Labute approximate surface area is 185 Å². The highest BCUT2D eigenvalue weighted by Gasteiger charge is 2.31. The lowest BCUT2D eigenvalue weighted by atomic mass is 9.93. The molecule has 2 aliphatic heterocycles. The van der Waals surface area contributed by atoms with E-state index in [1.165, 1.54) is 4.57 Å². The maximum Gasteiger partial charge on any atom is 0.263 e. The number of carbonyl (C=O) groups is 2. The van der Waals surface area contributed by atoms with Gasteiger partial charge in [-0.1, -0.05) is 0 Å². The molecule has 1 fully saturated rings. The zero-order valence-electron chi connectivity index (χ0n) is 18.0. The molecule has 4 heterocycles. The molecule has 2 amide bonds. The Balaban J connectivity index is 1.49. The van der Waals surface area contributed by atoms with Crippen LogP contribution in [0.25, 0.3) is 0 Å². The van der Waals surface area contributed by atoms with Crippen molar-refractivity contribution in [3.05, 3.63) is 49.3 Å². The van der Waals surface area contributed by atoms with Gasteiger partial charge in [0.15, 0.2) is 0 Å². The van der Waals surface area contributed by atoms with Crippen molar-refractivity contribution in [1.29, 1.82) is 0 Å². The summed E-state index contributed by atoms with van der Waals surface area (Å²) in [6.45, 7) is 4.60. The van der Waals surface area contributed by atoms with Crippen LogP contribution in [0.3, 0.4) is 0 Å². The predicted molar refractivity (Wildman–Crippen MR) is 117 cm³/mol. The van der Waals surface area contributed by atoms with Gasteiger partial charge in [-0.3, -0.25) is 14.4 Å². The third-order valence-corrected chi connectivity index (χ3v) is 7.15. The Morgan fingerprint density at radius 1 is 1.32 bits per heavy atom. The molecule has 166 valence electrons. The molecule has 2 aromatic heterocycles. The molecule has 0 radical (unpaired) electrons. The van der Waals surface area contributed by atoms with E-state index in [2.05, 4.69) is 10.3 Å². The molecule has 8 nitrogen and oxygen atoms in total. The fourth-order valence-electron chi connectivity index (χ4n) is 4.36. The number of fused-ring (bicyclic) bond motifs is 1. The molecule has 2 aliphatic rings. The van der Waals surface area contributed by atoms with Gasteiger partial charge in [0.25, 0.3) is 11.5 Å². The van der Waals surface area contributed by atoms with Gasteiger partial charge in [-0.15, -0.1) is 11.3 Å². The monoisotopic (exact) mass is 444 g/mol. The number of ether oxygens (including phenoxy) is 1. The first-order valence-corrected chi connectivity index (χ1v) is 11.6. The van der Waals surface area contributed by atoms with E-state index in [1.807, 2.05) is 11.8 Å². The van der Waals surface area contributed by atoms with Crippen LogP contribution in [0.5, 0.6) is 0 Å². The van der Waals surface area contributed by atoms with E-state index in [-0.39, 0.29) is 28.9 Å². The molecule has 0 atom stereocenters. The van der Waals surface area contributed by atoms with Gasteiger partial charge in [-0.05, 0) is 37.3 Å². The minimum atomic E-state index is -0.344. The zero-order valence-corrected chi connectivity index (χ0v) is 18.8. The van der Waals surface area contributed by atoms with Crippen LogP contribution in [0, 0.1) is 12.8 Å². The van der Waals surface area contributed by atoms with Gasteiger partial charge < -0.3 is 19.5 Å². The summed E-state index contributed by atoms with van der Waals surface area (Å²) in [5, 5.41) is 2.90. The summed E-state index contributed by atoms with van der Waals surface area (Å²) in [7, 11) is 1.65. The third-order valence-electron chi connectivity index (χ3n) is 6.16. The van der Waals surface area contributed by atoms with Crippen molar-refractivity contribution in [3.8, 4) is 0 Å². The van der Waals surface area contributed by atoms with Crippen molar-refractivity contribution in [3.63, 3.8) is 0 Å². The highest BCUT2D eigenvalue weighted by molar-refractivity contribution is 7.09. The number of aromatic nitrogens is 2. The molecule has 2 aromatic rings. The van der Waals surface area contributed by atoms with E-state index in [0.717, 1.165) is 34.5 Å². The molecular formula is C22H28N4O4S. The third kappa shape index (κ3) is 4.57. The summed E-state index contributed by atoms with van der Waals surface area (Å²) in [6.07, 6.45) is 4.46. The number of carbonyl (C=O) groups excluding carboxylic acids is 2. The number of amides is 2. The topological polar surface area (TPSA) is 93.5 Å². The molecule has 4 rings (SSSR count). The lowest BCUT2D eigenvalue weighted by molar-refractivity contribution is -0.139. The van der Waals surface area contributed by atoms with Gasteiger partial charge in [-0.2, -0.15) is 0 Å². The first-order chi connectivity index (χ1) is 15.0. The van der Waals surface area contributed by atoms with Gasteiger partial charge in [0.05, 0.1) is 11.2 Å². The van der Waals surface area contributed by atoms with Crippen molar-refractivity contribution in [1.82, 2.24) is 19.8 Å². The summed E-state index contributed by atoms with van der Waals surface area (Å²) in [5.41, 5.74) is 4.32. The minimum absolute atomic E-state index is 0.000740. The molecule has 0 spiro atoms. The maximum atomic E-state index is 12.9. The molecule has 0 unspecified atom stereocenters. The second kappa shape index (κ2) is 9.32. The summed E-state index contributed by atoms with van der Waals surface area (Å²) >= 11 is 1.57. The summed E-state index contributed by atoms with van der Waals surface area (Å²) < 4.78 is 6.82. The van der Waals surface area contributed by atoms with Gasteiger partial charge in [0.2, 0.25) is 5.91 Å². The van der Waals surface area contributed by atoms with E-state index in [9.17, 15) is 14.4 Å². The molecular weight excluding hydrogens is 416 g/mol. The zero-order chi connectivity index (χ0) is 22.0. The van der Waals surface area contributed by atoms with Crippen molar-refractivity contribution >= 4 is 23.2 Å². The summed E-state index contributed by atoms with van der Waals surface area (Å²) in [4.78, 5) is 45.9. The van der Waals surface area contributed by atoms with Crippen LogP contribution in [0.2, 0.25) is 0 Å². The SMILES string of the molecule is Cc1ncsc1CCNC(=O)c1c2c(cn(C)c1=O)CN(C(=O)C1CCOCC1)CC2. The van der Waals surface area contributed by atoms with Crippen LogP contribution in [0.1, 0.15) is 44.9 Å². The lowest BCUT2D eigenvalue weighted by Crippen LogP contribution is -2.44. The smallest absolute Gasteiger partial charge is 0.263 e. The average molecular weight is 445 g/mol. The minimum Gasteiger partial charge on any atom is -0.381 e. The number of rotatable bonds is 5. The number of aryl methyl sites for hydroxylation is 2. The van der Waals surface area contributed by atoms with Crippen LogP contribution >= 0.6 is 11.3 Å². The van der Waals surface area contributed by atoms with Gasteiger partial charge >= 0.3 is 0 Å². The largest absolute Gasteiger partial charge is 0.381 e. The normalized spacial score (nSPS) is 16.8. The van der Waals surface area contributed by atoms with E-state index in [4.69, 9.17) is 4.74 Å².